The number of hydrogen-bond donors (Lipinski definition) is 0. The summed E-state index contributed by atoms with van der Waals surface area (Å²) >= 11 is 0. The van der Waals surface area contributed by atoms with E-state index < -0.39 is 52.9 Å². The Morgan fingerprint density at radius 2 is 1.81 bits per heavy atom. The molecule has 11 heteroatoms. The van der Waals surface area contributed by atoms with Gasteiger partial charge in [0.05, 0.1) is 25.8 Å². The smallest absolute Gasteiger partial charge is 0.372 e. The third-order valence-electron chi connectivity index (χ3n) is 5.45. The standard InChI is InChI=1S/C20H22F3NO5S2/c1-13-5-4-6-14(9-13)31(27,28)19(2)7-8-29-17(11-19)18-16(20(21,22)23)10-15(12-24-18)30(3,25)26/h4-6,9-10,12,17H,7-8,11H2,1-3H3. The van der Waals surface area contributed by atoms with Crippen LogP contribution in [0.25, 0.3) is 0 Å². The molecule has 1 aliphatic heterocycles. The normalized spacial score (nSPS) is 23.0. The summed E-state index contributed by atoms with van der Waals surface area (Å²) in [7, 11) is -7.81. The largest absolute Gasteiger partial charge is 0.418 e. The Morgan fingerprint density at radius 1 is 1.13 bits per heavy atom. The molecule has 0 radical (unpaired) electrons. The van der Waals surface area contributed by atoms with Gasteiger partial charge in [-0.3, -0.25) is 4.98 Å². The van der Waals surface area contributed by atoms with Crippen molar-refractivity contribution in [1.82, 2.24) is 4.98 Å². The van der Waals surface area contributed by atoms with E-state index in [0.717, 1.165) is 18.0 Å². The quantitative estimate of drug-likeness (QED) is 0.664. The number of nitrogens with zero attached hydrogens (tertiary/aromatic N) is 1. The molecule has 3 rings (SSSR count). The fraction of sp³-hybridized carbons (Fsp3) is 0.450. The molecule has 2 aromatic rings. The second kappa shape index (κ2) is 7.86. The Bertz CT molecular complexity index is 1210. The van der Waals surface area contributed by atoms with Crippen LogP contribution in [0.1, 0.15) is 42.7 Å². The topological polar surface area (TPSA) is 90.4 Å². The van der Waals surface area contributed by atoms with Crippen molar-refractivity contribution in [2.24, 2.45) is 0 Å². The Hall–Kier alpha value is -1.98. The predicted molar refractivity (Wildman–Crippen MR) is 107 cm³/mol. The van der Waals surface area contributed by atoms with Gasteiger partial charge >= 0.3 is 6.18 Å². The first-order chi connectivity index (χ1) is 14.1. The Balaban J connectivity index is 2.06. The second-order valence-corrected chi connectivity index (χ2v) is 12.4. The van der Waals surface area contributed by atoms with E-state index >= 15 is 0 Å². The number of aryl methyl sites for hydroxylation is 1. The van der Waals surface area contributed by atoms with Gasteiger partial charge in [-0.25, -0.2) is 16.8 Å². The third kappa shape index (κ3) is 4.63. The summed E-state index contributed by atoms with van der Waals surface area (Å²) in [6, 6.07) is 6.85. The van der Waals surface area contributed by atoms with E-state index in [2.05, 4.69) is 4.98 Å². The average Bonchev–Trinajstić information content (AvgIpc) is 2.66. The summed E-state index contributed by atoms with van der Waals surface area (Å²) in [4.78, 5) is 3.27. The van der Waals surface area contributed by atoms with Crippen molar-refractivity contribution < 1.29 is 34.7 Å². The van der Waals surface area contributed by atoms with Crippen molar-refractivity contribution in [3.05, 3.63) is 53.3 Å². The van der Waals surface area contributed by atoms with E-state index in [1.807, 2.05) is 0 Å². The number of aromatic nitrogens is 1. The van der Waals surface area contributed by atoms with Crippen molar-refractivity contribution in [3.8, 4) is 0 Å². The molecule has 0 amide bonds. The van der Waals surface area contributed by atoms with E-state index in [1.165, 1.54) is 19.1 Å². The van der Waals surface area contributed by atoms with Crippen molar-refractivity contribution >= 4 is 19.7 Å². The van der Waals surface area contributed by atoms with Crippen LogP contribution in [0.4, 0.5) is 13.2 Å². The maximum atomic E-state index is 13.7. The lowest BCUT2D eigenvalue weighted by Gasteiger charge is -2.38. The molecule has 170 valence electrons. The number of halogens is 3. The summed E-state index contributed by atoms with van der Waals surface area (Å²) in [6.07, 6.45) is -4.68. The molecule has 0 spiro atoms. The number of pyridine rings is 1. The van der Waals surface area contributed by atoms with Gasteiger partial charge in [-0.05, 0) is 50.5 Å². The lowest BCUT2D eigenvalue weighted by atomic mass is 9.93. The maximum Gasteiger partial charge on any atom is 0.418 e. The number of benzene rings is 1. The maximum absolute atomic E-state index is 13.7. The van der Waals surface area contributed by atoms with Crippen LogP contribution in [-0.2, 0) is 30.6 Å². The van der Waals surface area contributed by atoms with Gasteiger partial charge < -0.3 is 4.74 Å². The first kappa shape index (κ1) is 23.7. The summed E-state index contributed by atoms with van der Waals surface area (Å²) < 4.78 is 95.3. The van der Waals surface area contributed by atoms with Gasteiger partial charge in [-0.1, -0.05) is 12.1 Å². The molecule has 0 aliphatic carbocycles. The molecule has 1 saturated heterocycles. The molecule has 1 aromatic carbocycles. The summed E-state index contributed by atoms with van der Waals surface area (Å²) in [6.45, 7) is 3.15. The van der Waals surface area contributed by atoms with Crippen molar-refractivity contribution in [1.29, 1.82) is 0 Å². The highest BCUT2D eigenvalue weighted by atomic mass is 32.2. The van der Waals surface area contributed by atoms with Crippen LogP contribution in [0.15, 0.2) is 46.3 Å². The lowest BCUT2D eigenvalue weighted by Crippen LogP contribution is -2.42. The van der Waals surface area contributed by atoms with Gasteiger partial charge in [0.25, 0.3) is 0 Å². The zero-order chi connectivity index (χ0) is 23.2. The highest BCUT2D eigenvalue weighted by Crippen LogP contribution is 2.44. The van der Waals surface area contributed by atoms with Crippen molar-refractivity contribution in [3.63, 3.8) is 0 Å². The van der Waals surface area contributed by atoms with Gasteiger partial charge in [0.1, 0.15) is 6.10 Å². The Morgan fingerprint density at radius 3 is 2.39 bits per heavy atom. The molecular formula is C20H22F3NO5S2. The molecule has 2 unspecified atom stereocenters. The molecule has 0 saturated carbocycles. The monoisotopic (exact) mass is 477 g/mol. The third-order valence-corrected chi connectivity index (χ3v) is 9.07. The molecule has 0 bridgehead atoms. The Kier molecular flexibility index (Phi) is 6.00. The van der Waals surface area contributed by atoms with Gasteiger partial charge in [0, 0.05) is 19.1 Å². The first-order valence-corrected chi connectivity index (χ1v) is 12.7. The van der Waals surface area contributed by atoms with E-state index in [-0.39, 0.29) is 24.3 Å². The minimum Gasteiger partial charge on any atom is -0.372 e. The van der Waals surface area contributed by atoms with E-state index in [1.54, 1.807) is 19.1 Å². The predicted octanol–water partition coefficient (Wildman–Crippen LogP) is 3.90. The molecular weight excluding hydrogens is 455 g/mol. The number of rotatable bonds is 4. The van der Waals surface area contributed by atoms with Crippen LogP contribution >= 0.6 is 0 Å². The average molecular weight is 478 g/mol. The van der Waals surface area contributed by atoms with Crippen molar-refractivity contribution in [2.45, 2.75) is 53.5 Å². The van der Waals surface area contributed by atoms with E-state index in [0.29, 0.717) is 6.07 Å². The van der Waals surface area contributed by atoms with Crippen molar-refractivity contribution in [2.75, 3.05) is 12.9 Å². The van der Waals surface area contributed by atoms with Crippen LogP contribution in [0, 0.1) is 6.92 Å². The SMILES string of the molecule is Cc1cccc(S(=O)(=O)C2(C)CCOC(c3ncc(S(C)(=O)=O)cc3C(F)(F)F)C2)c1. The zero-order valence-electron chi connectivity index (χ0n) is 17.1. The molecule has 2 heterocycles. The van der Waals surface area contributed by atoms with Gasteiger partial charge in [-0.15, -0.1) is 0 Å². The van der Waals surface area contributed by atoms with Crippen LogP contribution < -0.4 is 0 Å². The van der Waals surface area contributed by atoms with Gasteiger partial charge in [0.15, 0.2) is 19.7 Å². The molecule has 31 heavy (non-hydrogen) atoms. The summed E-state index contributed by atoms with van der Waals surface area (Å²) in [5.41, 5.74) is -1.03. The Labute approximate surface area is 179 Å². The fourth-order valence-electron chi connectivity index (χ4n) is 3.60. The highest BCUT2D eigenvalue weighted by Gasteiger charge is 2.47. The summed E-state index contributed by atoms with van der Waals surface area (Å²) in [5, 5.41) is 0. The van der Waals surface area contributed by atoms with Crippen LogP contribution in [0.2, 0.25) is 0 Å². The number of ether oxygens (including phenoxy) is 1. The number of sulfone groups is 2. The fourth-order valence-corrected chi connectivity index (χ4v) is 6.07. The van der Waals surface area contributed by atoms with E-state index in [9.17, 15) is 30.0 Å². The zero-order valence-corrected chi connectivity index (χ0v) is 18.7. The highest BCUT2D eigenvalue weighted by molar-refractivity contribution is 7.92. The molecule has 6 nitrogen and oxygen atoms in total. The minimum atomic E-state index is -4.89. The van der Waals surface area contributed by atoms with Crippen LogP contribution in [0.5, 0.6) is 0 Å². The molecule has 1 aliphatic rings. The minimum absolute atomic E-state index is 0.0843. The number of hydrogen-bond acceptors (Lipinski definition) is 6. The lowest BCUT2D eigenvalue weighted by molar-refractivity contribution is -0.140. The van der Waals surface area contributed by atoms with Gasteiger partial charge in [0.2, 0.25) is 0 Å². The molecule has 1 aromatic heterocycles. The van der Waals surface area contributed by atoms with E-state index in [4.69, 9.17) is 4.74 Å². The van der Waals surface area contributed by atoms with Crippen LogP contribution in [0.3, 0.4) is 0 Å². The summed E-state index contributed by atoms with van der Waals surface area (Å²) in [5.74, 6) is 0. The second-order valence-electron chi connectivity index (χ2n) is 7.96. The van der Waals surface area contributed by atoms with Crippen LogP contribution in [-0.4, -0.2) is 39.4 Å². The molecule has 2 atom stereocenters. The molecule has 0 N–H and O–H groups in total. The van der Waals surface area contributed by atoms with Gasteiger partial charge in [-0.2, -0.15) is 13.2 Å². The number of alkyl halides is 3. The molecule has 1 fully saturated rings. The first-order valence-electron chi connectivity index (χ1n) is 9.35.